The number of thiazole rings is 1. The van der Waals surface area contributed by atoms with E-state index in [1.54, 1.807) is 12.3 Å². The zero-order chi connectivity index (χ0) is 20.5. The first-order chi connectivity index (χ1) is 13.9. The van der Waals surface area contributed by atoms with E-state index in [0.717, 1.165) is 43.9 Å². The second-order valence-corrected chi connectivity index (χ2v) is 7.86. The van der Waals surface area contributed by atoms with Gasteiger partial charge >= 0.3 is 4.87 Å². The summed E-state index contributed by atoms with van der Waals surface area (Å²) < 4.78 is 1.07. The summed E-state index contributed by atoms with van der Waals surface area (Å²) in [5.74, 6) is -0.601. The summed E-state index contributed by atoms with van der Waals surface area (Å²) in [7, 11) is 0. The van der Waals surface area contributed by atoms with Crippen molar-refractivity contribution in [1.82, 2.24) is 4.57 Å². The van der Waals surface area contributed by atoms with E-state index in [0.29, 0.717) is 10.6 Å². The first-order valence-corrected chi connectivity index (χ1v) is 9.89. The van der Waals surface area contributed by atoms with Crippen LogP contribution < -0.4 is 10.2 Å². The fraction of sp³-hybridized carbons (Fsp3) is 0.136. The molecule has 146 valence electrons. The van der Waals surface area contributed by atoms with Crippen molar-refractivity contribution in [2.45, 2.75) is 20.4 Å². The normalized spacial score (nSPS) is 13.7. The highest BCUT2D eigenvalue weighted by Crippen LogP contribution is 2.34. The van der Waals surface area contributed by atoms with E-state index in [1.807, 2.05) is 56.3 Å². The highest BCUT2D eigenvalue weighted by Gasteiger charge is 2.18. The molecule has 4 rings (SSSR count). The monoisotopic (exact) mass is 405 g/mol. The number of rotatable bonds is 4. The lowest BCUT2D eigenvalue weighted by atomic mass is 10.1. The minimum absolute atomic E-state index is 0.222. The van der Waals surface area contributed by atoms with E-state index < -0.39 is 4.87 Å². The summed E-state index contributed by atoms with van der Waals surface area (Å²) in [6.07, 6.45) is 3.42. The van der Waals surface area contributed by atoms with Gasteiger partial charge in [-0.25, -0.2) is 0 Å². The lowest BCUT2D eigenvalue weighted by Crippen LogP contribution is -2.24. The van der Waals surface area contributed by atoms with Crippen molar-refractivity contribution in [3.8, 4) is 5.88 Å². The second kappa shape index (κ2) is 7.52. The Morgan fingerprint density at radius 1 is 1.21 bits per heavy atom. The molecule has 1 aliphatic rings. The molecule has 2 aromatic carbocycles. The van der Waals surface area contributed by atoms with Gasteiger partial charge in [-0.05, 0) is 49.2 Å². The third kappa shape index (κ3) is 3.77. The van der Waals surface area contributed by atoms with Crippen LogP contribution >= 0.6 is 11.3 Å². The lowest BCUT2D eigenvalue weighted by Gasteiger charge is -2.08. The van der Waals surface area contributed by atoms with Crippen LogP contribution in [0.4, 0.5) is 11.4 Å². The predicted molar refractivity (Wildman–Crippen MR) is 117 cm³/mol. The SMILES string of the molecule is Cc1ccc(NC(=O)Cn2c(O)c(C=C3C=Nc4ccccc43)sc2=O)cc1C. The van der Waals surface area contributed by atoms with Crippen LogP contribution in [0.5, 0.6) is 5.88 Å². The molecule has 0 saturated carbocycles. The van der Waals surface area contributed by atoms with Crippen molar-refractivity contribution in [2.24, 2.45) is 4.99 Å². The van der Waals surface area contributed by atoms with Gasteiger partial charge in [0.1, 0.15) is 6.54 Å². The number of aromatic nitrogens is 1. The number of aliphatic imine (C=N–C) groups is 1. The van der Waals surface area contributed by atoms with Crippen molar-refractivity contribution < 1.29 is 9.90 Å². The van der Waals surface area contributed by atoms with Crippen molar-refractivity contribution in [3.63, 3.8) is 0 Å². The van der Waals surface area contributed by atoms with Crippen molar-refractivity contribution in [1.29, 1.82) is 0 Å². The first kappa shape index (κ1) is 18.9. The van der Waals surface area contributed by atoms with Crippen LogP contribution in [0.2, 0.25) is 0 Å². The molecule has 29 heavy (non-hydrogen) atoms. The Balaban J connectivity index is 1.56. The molecule has 0 bridgehead atoms. The first-order valence-electron chi connectivity index (χ1n) is 9.07. The van der Waals surface area contributed by atoms with Gasteiger partial charge in [-0.3, -0.25) is 19.1 Å². The van der Waals surface area contributed by atoms with Gasteiger partial charge in [0.05, 0.1) is 10.6 Å². The number of amides is 1. The van der Waals surface area contributed by atoms with E-state index in [2.05, 4.69) is 10.3 Å². The standard InChI is InChI=1S/C22H19N3O3S/c1-13-7-8-16(9-14(13)2)24-20(26)12-25-21(27)19(29-22(25)28)10-15-11-23-18-6-4-3-5-17(15)18/h3-11,27H,12H2,1-2H3,(H,24,26). The minimum Gasteiger partial charge on any atom is -0.493 e. The smallest absolute Gasteiger partial charge is 0.311 e. The van der Waals surface area contributed by atoms with Crippen molar-refractivity contribution >= 4 is 46.5 Å². The zero-order valence-corrected chi connectivity index (χ0v) is 16.8. The van der Waals surface area contributed by atoms with Crippen molar-refractivity contribution in [2.75, 3.05) is 5.32 Å². The number of hydrogen-bond acceptors (Lipinski definition) is 5. The number of para-hydroxylation sites is 1. The third-order valence-electron chi connectivity index (χ3n) is 4.83. The Morgan fingerprint density at radius 3 is 2.79 bits per heavy atom. The molecule has 3 aromatic rings. The third-order valence-corrected chi connectivity index (χ3v) is 5.75. The van der Waals surface area contributed by atoms with Crippen LogP contribution in [0.3, 0.4) is 0 Å². The molecule has 7 heteroatoms. The molecule has 0 spiro atoms. The lowest BCUT2D eigenvalue weighted by molar-refractivity contribution is -0.116. The number of nitrogens with zero attached hydrogens (tertiary/aromatic N) is 2. The molecule has 2 N–H and O–H groups in total. The van der Waals surface area contributed by atoms with E-state index in [4.69, 9.17) is 0 Å². The summed E-state index contributed by atoms with van der Waals surface area (Å²) in [6.45, 7) is 3.69. The maximum atomic E-state index is 12.4. The highest BCUT2D eigenvalue weighted by atomic mass is 32.1. The van der Waals surface area contributed by atoms with E-state index in [1.165, 1.54) is 0 Å². The summed E-state index contributed by atoms with van der Waals surface area (Å²) in [5, 5.41) is 13.3. The second-order valence-electron chi connectivity index (χ2n) is 6.86. The Kier molecular flexibility index (Phi) is 4.90. The Morgan fingerprint density at radius 2 is 2.00 bits per heavy atom. The van der Waals surface area contributed by atoms with Gasteiger partial charge in [-0.1, -0.05) is 35.6 Å². The van der Waals surface area contributed by atoms with Crippen LogP contribution in [0.25, 0.3) is 11.6 Å². The maximum Gasteiger partial charge on any atom is 0.311 e. The topological polar surface area (TPSA) is 83.7 Å². The number of hydrogen-bond donors (Lipinski definition) is 2. The van der Waals surface area contributed by atoms with E-state index in [9.17, 15) is 14.7 Å². The number of aromatic hydroxyl groups is 1. The minimum atomic E-state index is -0.396. The molecule has 1 amide bonds. The molecule has 0 atom stereocenters. The molecule has 0 fully saturated rings. The van der Waals surface area contributed by atoms with Gasteiger partial charge in [0, 0.05) is 23.0 Å². The molecule has 0 aliphatic carbocycles. The zero-order valence-electron chi connectivity index (χ0n) is 16.0. The Hall–Kier alpha value is -3.45. The fourth-order valence-electron chi connectivity index (χ4n) is 3.11. The number of nitrogens with one attached hydrogen (secondary N) is 1. The predicted octanol–water partition coefficient (Wildman–Crippen LogP) is 4.13. The number of allylic oxidation sites excluding steroid dienone is 1. The number of aryl methyl sites for hydroxylation is 2. The molecular weight excluding hydrogens is 386 g/mol. The molecular formula is C22H19N3O3S. The number of fused-ring (bicyclic) bond motifs is 1. The van der Waals surface area contributed by atoms with Gasteiger partial charge in [0.25, 0.3) is 0 Å². The van der Waals surface area contributed by atoms with Crippen molar-refractivity contribution in [3.05, 3.63) is 73.7 Å². The largest absolute Gasteiger partial charge is 0.493 e. The van der Waals surface area contributed by atoms with Crippen LogP contribution in [0.1, 0.15) is 21.6 Å². The number of carbonyl (C=O) groups is 1. The van der Waals surface area contributed by atoms with Gasteiger partial charge in [-0.2, -0.15) is 0 Å². The fourth-order valence-corrected chi connectivity index (χ4v) is 3.94. The molecule has 6 nitrogen and oxygen atoms in total. The molecule has 0 saturated heterocycles. The number of benzene rings is 2. The van der Waals surface area contributed by atoms with Gasteiger partial charge in [0.2, 0.25) is 11.8 Å². The summed E-state index contributed by atoms with van der Waals surface area (Å²) in [6, 6.07) is 13.2. The summed E-state index contributed by atoms with van der Waals surface area (Å²) in [4.78, 5) is 29.1. The van der Waals surface area contributed by atoms with Gasteiger partial charge in [0.15, 0.2) is 0 Å². The van der Waals surface area contributed by atoms with Crippen LogP contribution in [0.15, 0.2) is 52.3 Å². The van der Waals surface area contributed by atoms with Gasteiger partial charge < -0.3 is 10.4 Å². The van der Waals surface area contributed by atoms with Crippen LogP contribution in [-0.2, 0) is 11.3 Å². The van der Waals surface area contributed by atoms with Crippen LogP contribution in [0, 0.1) is 13.8 Å². The Bertz CT molecular complexity index is 1230. The quantitative estimate of drug-likeness (QED) is 0.685. The molecule has 1 aliphatic heterocycles. The molecule has 1 aromatic heterocycles. The van der Waals surface area contributed by atoms with Gasteiger partial charge in [-0.15, -0.1) is 0 Å². The van der Waals surface area contributed by atoms with E-state index >= 15 is 0 Å². The number of carbonyl (C=O) groups excluding carboxylic acids is 1. The highest BCUT2D eigenvalue weighted by molar-refractivity contribution is 7.10. The average molecular weight is 405 g/mol. The van der Waals surface area contributed by atoms with Crippen LogP contribution in [-0.4, -0.2) is 21.8 Å². The van der Waals surface area contributed by atoms with E-state index in [-0.39, 0.29) is 18.3 Å². The molecule has 2 heterocycles. The molecule has 0 radical (unpaired) electrons. The summed E-state index contributed by atoms with van der Waals surface area (Å²) >= 11 is 0.895. The maximum absolute atomic E-state index is 12.4. The number of anilines is 1. The summed E-state index contributed by atoms with van der Waals surface area (Å²) in [5.41, 5.74) is 5.44. The average Bonchev–Trinajstić information content (AvgIpc) is 3.21. The molecule has 0 unspecified atom stereocenters. The Labute approximate surface area is 171 Å².